The third kappa shape index (κ3) is 4.42. The van der Waals surface area contributed by atoms with Gasteiger partial charge in [-0.25, -0.2) is 4.98 Å². The second-order valence-corrected chi connectivity index (χ2v) is 7.03. The minimum atomic E-state index is -0.438. The molecule has 7 nitrogen and oxygen atoms in total. The summed E-state index contributed by atoms with van der Waals surface area (Å²) >= 11 is 7.11. The van der Waals surface area contributed by atoms with Crippen molar-refractivity contribution in [3.63, 3.8) is 0 Å². The Balaban J connectivity index is 1.96. The van der Waals surface area contributed by atoms with Crippen LogP contribution in [0.2, 0.25) is 5.02 Å². The molecule has 0 radical (unpaired) electrons. The number of anilines is 3. The van der Waals surface area contributed by atoms with Crippen molar-refractivity contribution in [3.05, 3.63) is 64.3 Å². The van der Waals surface area contributed by atoms with E-state index in [1.54, 1.807) is 41.3 Å². The molecule has 0 spiro atoms. The highest BCUT2D eigenvalue weighted by atomic mass is 35.5. The molecule has 0 aliphatic heterocycles. The first-order valence-electron chi connectivity index (χ1n) is 7.98. The van der Waals surface area contributed by atoms with Crippen LogP contribution in [0.3, 0.4) is 0 Å². The molecule has 27 heavy (non-hydrogen) atoms. The lowest BCUT2D eigenvalue weighted by atomic mass is 10.1. The number of primary amides is 1. The molecule has 4 N–H and O–H groups in total. The molecule has 1 amide bonds. The first-order valence-corrected chi connectivity index (χ1v) is 9.17. The molecule has 0 bridgehead atoms. The van der Waals surface area contributed by atoms with Gasteiger partial charge < -0.3 is 16.4 Å². The van der Waals surface area contributed by atoms with Gasteiger partial charge in [-0.1, -0.05) is 22.9 Å². The monoisotopic (exact) mass is 401 g/mol. The Hall–Kier alpha value is -2.97. The predicted molar refractivity (Wildman–Crippen MR) is 106 cm³/mol. The molecule has 2 heterocycles. The lowest BCUT2D eigenvalue weighted by molar-refractivity contribution is -0.117. The van der Waals surface area contributed by atoms with Crippen LogP contribution in [0.1, 0.15) is 21.7 Å². The number of nitrogens with zero attached hydrogens (tertiary/aromatic N) is 3. The zero-order valence-electron chi connectivity index (χ0n) is 14.1. The molecular formula is C18H16ClN5O2S. The van der Waals surface area contributed by atoms with Crippen LogP contribution in [0.5, 0.6) is 0 Å². The Labute approximate surface area is 164 Å². The van der Waals surface area contributed by atoms with Gasteiger partial charge in [0.05, 0.1) is 0 Å². The van der Waals surface area contributed by atoms with Gasteiger partial charge in [0.15, 0.2) is 5.13 Å². The number of hydrogen-bond acceptors (Lipinski definition) is 7. The fraction of sp³-hybridized carbons (Fsp3) is 0.111. The van der Waals surface area contributed by atoms with Gasteiger partial charge in [0, 0.05) is 41.6 Å². The molecule has 0 atom stereocenters. The summed E-state index contributed by atoms with van der Waals surface area (Å²) in [5, 5.41) is 1.08. The lowest BCUT2D eigenvalue weighted by Crippen LogP contribution is -2.23. The fourth-order valence-corrected chi connectivity index (χ4v) is 3.53. The highest BCUT2D eigenvalue weighted by molar-refractivity contribution is 7.18. The lowest BCUT2D eigenvalue weighted by Gasteiger charge is -2.21. The van der Waals surface area contributed by atoms with Gasteiger partial charge in [-0.15, -0.1) is 0 Å². The van der Waals surface area contributed by atoms with E-state index < -0.39 is 5.91 Å². The summed E-state index contributed by atoms with van der Waals surface area (Å²) in [6.45, 7) is 0.298. The Kier molecular flexibility index (Phi) is 5.68. The molecule has 3 aromatic rings. The largest absolute Gasteiger partial charge is 0.382 e. The molecule has 3 rings (SSSR count). The maximum atomic E-state index is 12.7. The Morgan fingerprint density at radius 3 is 2.41 bits per heavy atom. The molecule has 0 aliphatic rings. The van der Waals surface area contributed by atoms with E-state index in [-0.39, 0.29) is 18.0 Å². The van der Waals surface area contributed by atoms with Crippen molar-refractivity contribution < 1.29 is 9.59 Å². The maximum absolute atomic E-state index is 12.7. The van der Waals surface area contributed by atoms with E-state index in [4.69, 9.17) is 23.1 Å². The number of pyridine rings is 1. The molecule has 0 fully saturated rings. The number of ketones is 1. The minimum Gasteiger partial charge on any atom is -0.382 e. The highest BCUT2D eigenvalue weighted by Gasteiger charge is 2.22. The van der Waals surface area contributed by atoms with E-state index in [9.17, 15) is 9.59 Å². The van der Waals surface area contributed by atoms with E-state index in [1.165, 1.54) is 12.4 Å². The number of halogens is 1. The van der Waals surface area contributed by atoms with Crippen molar-refractivity contribution in [2.24, 2.45) is 5.73 Å². The van der Waals surface area contributed by atoms with Crippen LogP contribution in [0.15, 0.2) is 48.8 Å². The zero-order valence-corrected chi connectivity index (χ0v) is 15.7. The standard InChI is InChI=1S/C18H16ClN5O2S/c19-12-1-3-13(4-2-12)24(10-7-14(20)25)18-23-17(21)16(27-18)15(26)11-5-8-22-9-6-11/h1-6,8-9H,7,10,21H2,(H2,20,25). The maximum Gasteiger partial charge on any atom is 0.219 e. The number of rotatable bonds is 7. The zero-order chi connectivity index (χ0) is 19.4. The van der Waals surface area contributed by atoms with Crippen LogP contribution in [0, 0.1) is 0 Å². The number of thiazole rings is 1. The number of carbonyl (C=O) groups excluding carboxylic acids is 2. The van der Waals surface area contributed by atoms with Crippen LogP contribution < -0.4 is 16.4 Å². The van der Waals surface area contributed by atoms with E-state index in [2.05, 4.69) is 9.97 Å². The molecule has 0 saturated carbocycles. The van der Waals surface area contributed by atoms with Crippen molar-refractivity contribution in [1.29, 1.82) is 0 Å². The van der Waals surface area contributed by atoms with Crippen LogP contribution in [0.25, 0.3) is 0 Å². The smallest absolute Gasteiger partial charge is 0.219 e. The molecule has 0 saturated heterocycles. The Bertz CT molecular complexity index is 960. The first kappa shape index (κ1) is 18.8. The van der Waals surface area contributed by atoms with Crippen molar-refractivity contribution in [2.75, 3.05) is 17.2 Å². The normalized spacial score (nSPS) is 10.6. The quantitative estimate of drug-likeness (QED) is 0.588. The average molecular weight is 402 g/mol. The average Bonchev–Trinajstić information content (AvgIpc) is 3.04. The number of nitrogen functional groups attached to an aromatic ring is 1. The van der Waals surface area contributed by atoms with E-state index in [1.807, 2.05) is 0 Å². The van der Waals surface area contributed by atoms with E-state index in [0.29, 0.717) is 27.1 Å². The number of benzene rings is 1. The van der Waals surface area contributed by atoms with Gasteiger partial charge in [-0.3, -0.25) is 14.6 Å². The minimum absolute atomic E-state index is 0.121. The second-order valence-electron chi connectivity index (χ2n) is 5.62. The molecular weight excluding hydrogens is 386 g/mol. The van der Waals surface area contributed by atoms with E-state index in [0.717, 1.165) is 17.0 Å². The molecule has 0 aliphatic carbocycles. The van der Waals surface area contributed by atoms with Gasteiger partial charge >= 0.3 is 0 Å². The number of nitrogens with two attached hydrogens (primary N) is 2. The van der Waals surface area contributed by atoms with Gasteiger partial charge in [0.25, 0.3) is 0 Å². The second kappa shape index (κ2) is 8.15. The molecule has 9 heteroatoms. The van der Waals surface area contributed by atoms with Gasteiger partial charge in [-0.2, -0.15) is 0 Å². The molecule has 1 aromatic carbocycles. The highest BCUT2D eigenvalue weighted by Crippen LogP contribution is 2.34. The number of hydrogen-bond donors (Lipinski definition) is 2. The van der Waals surface area contributed by atoms with Crippen molar-refractivity contribution in [1.82, 2.24) is 9.97 Å². The van der Waals surface area contributed by atoms with Crippen LogP contribution in [-0.4, -0.2) is 28.2 Å². The Morgan fingerprint density at radius 2 is 1.78 bits per heavy atom. The first-order chi connectivity index (χ1) is 13.0. The van der Waals surface area contributed by atoms with Crippen molar-refractivity contribution >= 4 is 51.3 Å². The van der Waals surface area contributed by atoms with Gasteiger partial charge in [0.1, 0.15) is 10.7 Å². The fourth-order valence-electron chi connectivity index (χ4n) is 2.41. The van der Waals surface area contributed by atoms with Crippen molar-refractivity contribution in [3.8, 4) is 0 Å². The molecule has 0 unspecified atom stereocenters. The van der Waals surface area contributed by atoms with Gasteiger partial charge in [-0.05, 0) is 36.4 Å². The third-order valence-electron chi connectivity index (χ3n) is 3.74. The summed E-state index contributed by atoms with van der Waals surface area (Å²) < 4.78 is 0. The SMILES string of the molecule is NC(=O)CCN(c1ccc(Cl)cc1)c1nc(N)c(C(=O)c2ccncc2)s1. The predicted octanol–water partition coefficient (Wildman–Crippen LogP) is 3.02. The van der Waals surface area contributed by atoms with Crippen LogP contribution in [-0.2, 0) is 4.79 Å². The summed E-state index contributed by atoms with van der Waals surface area (Å²) in [5.41, 5.74) is 12.5. The summed E-state index contributed by atoms with van der Waals surface area (Å²) in [4.78, 5) is 34.3. The summed E-state index contributed by atoms with van der Waals surface area (Å²) in [7, 11) is 0. The topological polar surface area (TPSA) is 115 Å². The number of carbonyl (C=O) groups is 2. The van der Waals surface area contributed by atoms with Crippen LogP contribution in [0.4, 0.5) is 16.6 Å². The summed E-state index contributed by atoms with van der Waals surface area (Å²) in [6, 6.07) is 10.3. The number of amides is 1. The third-order valence-corrected chi connectivity index (χ3v) is 5.09. The van der Waals surface area contributed by atoms with Gasteiger partial charge in [0.2, 0.25) is 11.7 Å². The summed E-state index contributed by atoms with van der Waals surface area (Å²) in [5.74, 6) is -0.536. The Morgan fingerprint density at radius 1 is 1.11 bits per heavy atom. The number of aromatic nitrogens is 2. The molecule has 2 aromatic heterocycles. The van der Waals surface area contributed by atoms with Crippen molar-refractivity contribution in [2.45, 2.75) is 6.42 Å². The molecule has 138 valence electrons. The van der Waals surface area contributed by atoms with Crippen LogP contribution >= 0.6 is 22.9 Å². The summed E-state index contributed by atoms with van der Waals surface area (Å²) in [6.07, 6.45) is 3.20. The van der Waals surface area contributed by atoms with E-state index >= 15 is 0 Å².